The fraction of sp³-hybridized carbons (Fsp3) is 0.450. The summed E-state index contributed by atoms with van der Waals surface area (Å²) in [5.41, 5.74) is 3.42. The molecule has 3 heterocycles. The zero-order valence-corrected chi connectivity index (χ0v) is 16.7. The van der Waals surface area contributed by atoms with Crippen molar-refractivity contribution in [2.45, 2.75) is 32.2 Å². The molecule has 4 rings (SSSR count). The molecule has 7 heteroatoms. The van der Waals surface area contributed by atoms with Gasteiger partial charge in [0.15, 0.2) is 0 Å². The summed E-state index contributed by atoms with van der Waals surface area (Å²) in [5.74, 6) is 0.202. The van der Waals surface area contributed by atoms with E-state index in [0.717, 1.165) is 54.6 Å². The van der Waals surface area contributed by atoms with Gasteiger partial charge < -0.3 is 0 Å². The van der Waals surface area contributed by atoms with Crippen LogP contribution in [0.15, 0.2) is 34.9 Å². The van der Waals surface area contributed by atoms with Crippen molar-refractivity contribution in [2.24, 2.45) is 11.8 Å². The molecule has 2 saturated heterocycles. The van der Waals surface area contributed by atoms with Gasteiger partial charge in [-0.05, 0) is 56.0 Å². The van der Waals surface area contributed by atoms with Gasteiger partial charge in [-0.25, -0.2) is 0 Å². The van der Waals surface area contributed by atoms with Gasteiger partial charge in [-0.15, -0.1) is 0 Å². The summed E-state index contributed by atoms with van der Waals surface area (Å²) < 4.78 is 1.06. The smallest absolute Gasteiger partial charge is 0.230 e. The number of imide groups is 1. The minimum Gasteiger partial charge on any atom is -0.299 e. The van der Waals surface area contributed by atoms with Crippen molar-refractivity contribution < 1.29 is 9.59 Å². The standard InChI is InChI=1S/C20H23BrN4O2/c21-17-3-1-14(2-4-17)19-16(11-22-24-19)12-25-7-5-13(6-8-25)9-15-10-18(26)23-20(15)27/h1-4,11,13,15H,5-10,12H2,(H,22,24)(H,23,26,27). The van der Waals surface area contributed by atoms with E-state index in [1.54, 1.807) is 0 Å². The van der Waals surface area contributed by atoms with Crippen LogP contribution in [-0.4, -0.2) is 40.0 Å². The molecule has 2 fully saturated rings. The number of hydrogen-bond donors (Lipinski definition) is 2. The number of aromatic amines is 1. The lowest BCUT2D eigenvalue weighted by molar-refractivity contribution is -0.126. The molecule has 1 aromatic carbocycles. The van der Waals surface area contributed by atoms with Crippen LogP contribution in [0.1, 0.15) is 31.2 Å². The maximum absolute atomic E-state index is 11.8. The second kappa shape index (κ2) is 7.94. The number of nitrogens with one attached hydrogen (secondary N) is 2. The normalized spacial score (nSPS) is 21.6. The Labute approximate surface area is 166 Å². The molecule has 0 saturated carbocycles. The number of aromatic nitrogens is 2. The Balaban J connectivity index is 1.32. The molecule has 0 spiro atoms. The number of carbonyl (C=O) groups is 2. The van der Waals surface area contributed by atoms with Gasteiger partial charge in [-0.2, -0.15) is 5.10 Å². The van der Waals surface area contributed by atoms with Crippen LogP contribution in [0, 0.1) is 11.8 Å². The van der Waals surface area contributed by atoms with Crippen molar-refractivity contribution in [3.8, 4) is 11.3 Å². The molecule has 27 heavy (non-hydrogen) atoms. The lowest BCUT2D eigenvalue weighted by Gasteiger charge is -2.32. The third kappa shape index (κ3) is 4.30. The molecule has 2 amide bonds. The maximum Gasteiger partial charge on any atom is 0.230 e. The molecule has 1 atom stereocenters. The molecule has 1 aromatic heterocycles. The molecule has 0 bridgehead atoms. The summed E-state index contributed by atoms with van der Waals surface area (Å²) in [6.45, 7) is 2.90. The SMILES string of the molecule is O=C1CC(CC2CCN(Cc3cn[nH]c3-c3ccc(Br)cc3)CC2)C(=O)N1. The maximum atomic E-state index is 11.8. The number of halogens is 1. The van der Waals surface area contributed by atoms with Crippen molar-refractivity contribution >= 4 is 27.7 Å². The van der Waals surface area contributed by atoms with E-state index < -0.39 is 0 Å². The monoisotopic (exact) mass is 430 g/mol. The first kappa shape index (κ1) is 18.4. The highest BCUT2D eigenvalue weighted by Gasteiger charge is 2.33. The quantitative estimate of drug-likeness (QED) is 0.714. The van der Waals surface area contributed by atoms with Crippen LogP contribution in [0.5, 0.6) is 0 Å². The van der Waals surface area contributed by atoms with Crippen LogP contribution in [0.25, 0.3) is 11.3 Å². The average molecular weight is 431 g/mol. The Hall–Kier alpha value is -1.99. The molecular weight excluding hydrogens is 408 g/mol. The highest BCUT2D eigenvalue weighted by molar-refractivity contribution is 9.10. The van der Waals surface area contributed by atoms with Crippen molar-refractivity contribution in [1.29, 1.82) is 0 Å². The van der Waals surface area contributed by atoms with E-state index in [-0.39, 0.29) is 17.7 Å². The molecule has 2 aliphatic heterocycles. The van der Waals surface area contributed by atoms with Crippen LogP contribution in [0.2, 0.25) is 0 Å². The fourth-order valence-electron chi connectivity index (χ4n) is 4.12. The molecular formula is C20H23BrN4O2. The molecule has 2 aliphatic rings. The van der Waals surface area contributed by atoms with Crippen LogP contribution in [0.3, 0.4) is 0 Å². The van der Waals surface area contributed by atoms with Gasteiger partial charge in [0.1, 0.15) is 0 Å². The number of amides is 2. The lowest BCUT2D eigenvalue weighted by Crippen LogP contribution is -2.34. The number of H-pyrrole nitrogens is 1. The van der Waals surface area contributed by atoms with Gasteiger partial charge in [-0.3, -0.25) is 24.9 Å². The second-order valence-corrected chi connectivity index (χ2v) is 8.46. The van der Waals surface area contributed by atoms with Crippen molar-refractivity contribution in [3.05, 3.63) is 40.5 Å². The highest BCUT2D eigenvalue weighted by Crippen LogP contribution is 2.30. The first-order valence-corrected chi connectivity index (χ1v) is 10.2. The predicted molar refractivity (Wildman–Crippen MR) is 106 cm³/mol. The summed E-state index contributed by atoms with van der Waals surface area (Å²) in [6.07, 6.45) is 5.26. The second-order valence-electron chi connectivity index (χ2n) is 7.55. The van der Waals surface area contributed by atoms with Gasteiger partial charge >= 0.3 is 0 Å². The van der Waals surface area contributed by atoms with Gasteiger partial charge in [0.2, 0.25) is 11.8 Å². The van der Waals surface area contributed by atoms with Gasteiger partial charge in [0, 0.05) is 28.9 Å². The van der Waals surface area contributed by atoms with Crippen LogP contribution >= 0.6 is 15.9 Å². The molecule has 6 nitrogen and oxygen atoms in total. The largest absolute Gasteiger partial charge is 0.299 e. The average Bonchev–Trinajstić information content (AvgIpc) is 3.23. The number of piperidine rings is 1. The molecule has 142 valence electrons. The summed E-state index contributed by atoms with van der Waals surface area (Å²) in [7, 11) is 0. The van der Waals surface area contributed by atoms with E-state index in [0.29, 0.717) is 12.3 Å². The van der Waals surface area contributed by atoms with E-state index in [2.05, 4.69) is 48.5 Å². The summed E-state index contributed by atoms with van der Waals surface area (Å²) >= 11 is 3.47. The zero-order valence-electron chi connectivity index (χ0n) is 15.1. The van der Waals surface area contributed by atoms with Crippen molar-refractivity contribution in [1.82, 2.24) is 20.4 Å². The lowest BCUT2D eigenvalue weighted by atomic mass is 9.86. The Kier molecular flexibility index (Phi) is 5.41. The van der Waals surface area contributed by atoms with E-state index in [9.17, 15) is 9.59 Å². The zero-order chi connectivity index (χ0) is 18.8. The Morgan fingerprint density at radius 2 is 1.89 bits per heavy atom. The van der Waals surface area contributed by atoms with Crippen LogP contribution < -0.4 is 5.32 Å². The highest BCUT2D eigenvalue weighted by atomic mass is 79.9. The number of carbonyl (C=O) groups excluding carboxylic acids is 2. The number of rotatable bonds is 5. The Morgan fingerprint density at radius 3 is 2.56 bits per heavy atom. The van der Waals surface area contributed by atoms with Crippen LogP contribution in [0.4, 0.5) is 0 Å². The number of hydrogen-bond acceptors (Lipinski definition) is 4. The van der Waals surface area contributed by atoms with E-state index in [1.807, 2.05) is 18.3 Å². The van der Waals surface area contributed by atoms with Crippen LogP contribution in [-0.2, 0) is 16.1 Å². The predicted octanol–water partition coefficient (Wildman–Crippen LogP) is 3.10. The van der Waals surface area contributed by atoms with E-state index in [1.165, 1.54) is 5.56 Å². The van der Waals surface area contributed by atoms with Crippen molar-refractivity contribution in [2.75, 3.05) is 13.1 Å². The molecule has 0 radical (unpaired) electrons. The molecule has 0 aliphatic carbocycles. The topological polar surface area (TPSA) is 78.1 Å². The third-order valence-corrected chi connectivity index (χ3v) is 6.16. The first-order valence-electron chi connectivity index (χ1n) is 9.42. The summed E-state index contributed by atoms with van der Waals surface area (Å²) in [5, 5.41) is 9.79. The minimum absolute atomic E-state index is 0.0834. The third-order valence-electron chi connectivity index (χ3n) is 5.63. The number of benzene rings is 1. The van der Waals surface area contributed by atoms with Crippen molar-refractivity contribution in [3.63, 3.8) is 0 Å². The number of likely N-dealkylation sites (tertiary alicyclic amines) is 1. The van der Waals surface area contributed by atoms with Gasteiger partial charge in [0.05, 0.1) is 11.9 Å². The Morgan fingerprint density at radius 1 is 1.15 bits per heavy atom. The van der Waals surface area contributed by atoms with Gasteiger partial charge in [0.25, 0.3) is 0 Å². The molecule has 2 N–H and O–H groups in total. The number of nitrogens with zero attached hydrogens (tertiary/aromatic N) is 2. The molecule has 2 aromatic rings. The van der Waals surface area contributed by atoms with E-state index in [4.69, 9.17) is 0 Å². The van der Waals surface area contributed by atoms with E-state index >= 15 is 0 Å². The Bertz CT molecular complexity index is 825. The summed E-state index contributed by atoms with van der Waals surface area (Å²) in [6, 6.07) is 8.24. The van der Waals surface area contributed by atoms with Gasteiger partial charge in [-0.1, -0.05) is 28.1 Å². The molecule has 1 unspecified atom stereocenters. The summed E-state index contributed by atoms with van der Waals surface area (Å²) in [4.78, 5) is 25.6. The first-order chi connectivity index (χ1) is 13.1. The minimum atomic E-state index is -0.122. The fourth-order valence-corrected chi connectivity index (χ4v) is 4.38.